The molecular formula is H12Na2O39P12Si. The third-order valence-corrected chi connectivity index (χ3v) is 22.3. The number of rotatable bonds is 0. The van der Waals surface area contributed by atoms with Crippen LogP contribution < -0.4 is 68.7 Å². The van der Waals surface area contributed by atoms with Crippen LogP contribution in [0.5, 0.6) is 0 Å². The maximum Gasteiger partial charge on any atom is 1.00 e. The molecule has 0 amide bonds. The third kappa shape index (κ3) is 28.9. The van der Waals surface area contributed by atoms with Gasteiger partial charge in [0.25, 0.3) is 0 Å². The summed E-state index contributed by atoms with van der Waals surface area (Å²) in [5.74, 6) is 0. The minimum absolute atomic E-state index is 0. The monoisotopic (exact) mass is 1080 g/mol. The largest absolute Gasteiger partial charge is 1.00 e. The molecule has 0 aromatic rings. The van der Waals surface area contributed by atoms with Crippen LogP contribution in [0.1, 0.15) is 0 Å². The summed E-state index contributed by atoms with van der Waals surface area (Å²) in [7, 11) is -76.9. The van der Waals surface area contributed by atoms with Crippen molar-refractivity contribution in [1.29, 1.82) is 0 Å². The van der Waals surface area contributed by atoms with Crippen molar-refractivity contribution in [3.8, 4) is 0 Å². The first-order valence-corrected chi connectivity index (χ1v) is 28.8. The molecule has 312 valence electrons. The summed E-state index contributed by atoms with van der Waals surface area (Å²) in [6.45, 7) is 0. The Morgan fingerprint density at radius 2 is 0.296 bits per heavy atom. The molecule has 0 unspecified atom stereocenters. The molecule has 2 rings (SSSR count). The Hall–Kier alpha value is 3.42. The zero-order chi connectivity index (χ0) is 42.1. The molecule has 2 fully saturated rings. The van der Waals surface area contributed by atoms with Gasteiger partial charge in [0.1, 0.15) is 0 Å². The summed E-state index contributed by atoms with van der Waals surface area (Å²) in [5.41, 5.74) is 0. The molecule has 0 spiro atoms. The van der Waals surface area contributed by atoms with Gasteiger partial charge in [0.05, 0.1) is 0 Å². The molecule has 2 aliphatic heterocycles. The standard InChI is InChI=1S/2Na.2H6O18P6.O3Si/c;;2*1-19(2)13-20(3,4)15-22(7,8)17-24(11,12)18-23(9,10)16-21(5,6)14-19;1-4(2)3/h;;2*(H,1,2)(H,3,4)(H,5,6)(H,7,8)(H,9,10)(H,11,12);/q2*+1;;;-2. The molecule has 0 aliphatic carbocycles. The summed E-state index contributed by atoms with van der Waals surface area (Å²) in [5, 5.41) is 0. The van der Waals surface area contributed by atoms with Crippen molar-refractivity contribution < 1.29 is 238 Å². The first-order chi connectivity index (χ1) is 22.2. The summed E-state index contributed by atoms with van der Waals surface area (Å²) >= 11 is 0. The van der Waals surface area contributed by atoms with E-state index in [0.717, 1.165) is 0 Å². The van der Waals surface area contributed by atoms with Crippen molar-refractivity contribution in [1.82, 2.24) is 0 Å². The van der Waals surface area contributed by atoms with Gasteiger partial charge in [-0.2, -0.15) is 51.7 Å². The van der Waals surface area contributed by atoms with Crippen LogP contribution in [0.4, 0.5) is 0 Å². The Morgan fingerprint density at radius 1 is 0.259 bits per heavy atom. The Labute approximate surface area is 339 Å². The average molecular weight is 1080 g/mol. The van der Waals surface area contributed by atoms with Crippen molar-refractivity contribution in [2.24, 2.45) is 0 Å². The second kappa shape index (κ2) is 21.2. The van der Waals surface area contributed by atoms with Gasteiger partial charge < -0.3 is 72.8 Å². The summed E-state index contributed by atoms with van der Waals surface area (Å²) in [4.78, 5) is 124. The average Bonchev–Trinajstić information content (AvgIpc) is 2.59. The van der Waals surface area contributed by atoms with Gasteiger partial charge >= 0.3 is 153 Å². The van der Waals surface area contributed by atoms with Crippen LogP contribution >= 0.6 is 93.9 Å². The van der Waals surface area contributed by atoms with Gasteiger partial charge in [-0.3, -0.25) is 0 Å². The quantitative estimate of drug-likeness (QED) is 0.0792. The summed E-state index contributed by atoms with van der Waals surface area (Å²) in [6.07, 6.45) is 0. The second-order valence-corrected chi connectivity index (χ2v) is 26.4. The van der Waals surface area contributed by atoms with Gasteiger partial charge in [-0.1, -0.05) is 0 Å². The molecule has 2 saturated heterocycles. The maximum atomic E-state index is 11.2. The van der Waals surface area contributed by atoms with Crippen LogP contribution in [0.15, 0.2) is 0 Å². The van der Waals surface area contributed by atoms with Crippen LogP contribution in [0.25, 0.3) is 0 Å². The molecule has 2 heterocycles. The van der Waals surface area contributed by atoms with E-state index in [1.54, 1.807) is 0 Å². The van der Waals surface area contributed by atoms with Crippen molar-refractivity contribution in [3.63, 3.8) is 0 Å². The van der Waals surface area contributed by atoms with Crippen LogP contribution in [-0.4, -0.2) is 67.9 Å². The van der Waals surface area contributed by atoms with Gasteiger partial charge in [0.15, 0.2) is 0 Å². The predicted octanol–water partition coefficient (Wildman–Crippen LogP) is -7.47. The van der Waals surface area contributed by atoms with Gasteiger partial charge in [0.2, 0.25) is 0 Å². The topological polar surface area (TPSA) is 622 Å². The van der Waals surface area contributed by atoms with Gasteiger partial charge in [-0.15, -0.1) is 0 Å². The SMILES string of the molecule is O=P1(O)OP(=O)(O)OP(=O)(O)OP(=O)(O)OP(=O)(O)OP(=O)(O)O1.O=P1(O)OP(=O)(O)OP(=O)(O)OP(=O)(O)OP(=O)(O)OP(=O)(O)O1.O=[Si]([O-])[O-].[Na+].[Na+]. The molecule has 0 aromatic heterocycles. The number of phosphoric acid groups is 12. The van der Waals surface area contributed by atoms with Crippen molar-refractivity contribution in [3.05, 3.63) is 0 Å². The number of hydrogen-bond acceptors (Lipinski definition) is 27. The van der Waals surface area contributed by atoms with E-state index < -0.39 is 103 Å². The zero-order valence-electron chi connectivity index (χ0n) is 24.3. The van der Waals surface area contributed by atoms with E-state index in [4.69, 9.17) is 72.8 Å². The first-order valence-electron chi connectivity index (χ1n) is 9.59. The van der Waals surface area contributed by atoms with Crippen LogP contribution in [0.2, 0.25) is 0 Å². The Kier molecular flexibility index (Phi) is 24.2. The van der Waals surface area contributed by atoms with Crippen LogP contribution in [0, 0.1) is 0 Å². The van der Waals surface area contributed by atoms with E-state index in [1.165, 1.54) is 0 Å². The van der Waals surface area contributed by atoms with Crippen molar-refractivity contribution in [2.45, 2.75) is 0 Å². The molecule has 2 aliphatic rings. The van der Waals surface area contributed by atoms with E-state index in [1.807, 2.05) is 0 Å². The molecule has 0 saturated carbocycles. The molecule has 0 atom stereocenters. The molecule has 0 radical (unpaired) electrons. The predicted molar refractivity (Wildman–Crippen MR) is 137 cm³/mol. The molecule has 54 heavy (non-hydrogen) atoms. The van der Waals surface area contributed by atoms with Crippen LogP contribution in [0.3, 0.4) is 0 Å². The minimum atomic E-state index is -6.11. The molecule has 54 heteroatoms. The smallest absolute Gasteiger partial charge is 0.672 e. The molecule has 0 bridgehead atoms. The van der Waals surface area contributed by atoms with Gasteiger partial charge in [-0.25, -0.2) is 54.8 Å². The fraction of sp³-hybridized carbons (Fsp3) is 0. The second-order valence-electron chi connectivity index (χ2n) is 6.85. The fourth-order valence-electron chi connectivity index (χ4n) is 1.74. The summed E-state index contributed by atoms with van der Waals surface area (Å²) < 4.78 is 182. The first kappa shape index (κ1) is 61.7. The van der Waals surface area contributed by atoms with Crippen molar-refractivity contribution >= 4 is 103 Å². The molecule has 0 aromatic carbocycles. The normalized spacial score (nSPS) is 49.6. The van der Waals surface area contributed by atoms with Gasteiger partial charge in [-0.05, 0) is 0 Å². The van der Waals surface area contributed by atoms with E-state index in [9.17, 15) is 54.8 Å². The van der Waals surface area contributed by atoms with E-state index in [2.05, 4.69) is 51.7 Å². The minimum Gasteiger partial charge on any atom is -0.672 e. The molecule has 12 N–H and O–H groups in total. The van der Waals surface area contributed by atoms with E-state index >= 15 is 0 Å². The fourth-order valence-corrected chi connectivity index (χ4v) is 18.9. The zero-order valence-corrected chi connectivity index (χ0v) is 40.0. The third-order valence-electron chi connectivity index (χ3n) is 2.48. The summed E-state index contributed by atoms with van der Waals surface area (Å²) in [6, 6.07) is 0. The van der Waals surface area contributed by atoms with Crippen LogP contribution in [-0.2, 0) is 111 Å². The van der Waals surface area contributed by atoms with Crippen molar-refractivity contribution in [2.75, 3.05) is 0 Å². The molecule has 39 nitrogen and oxygen atoms in total. The maximum absolute atomic E-state index is 11.2. The Morgan fingerprint density at radius 3 is 0.333 bits per heavy atom. The molecular weight excluding hydrogens is 1070 g/mol. The number of hydrogen-bond donors (Lipinski definition) is 12. The van der Waals surface area contributed by atoms with E-state index in [0.29, 0.717) is 0 Å². The van der Waals surface area contributed by atoms with E-state index in [-0.39, 0.29) is 59.1 Å². The Balaban J connectivity index is -0.000000847. The van der Waals surface area contributed by atoms with Gasteiger partial charge in [0, 0.05) is 9.17 Å². The Bertz CT molecular complexity index is 1400.